The molecule has 0 aliphatic carbocycles. The molecule has 0 saturated carbocycles. The van der Waals surface area contributed by atoms with E-state index in [1.54, 1.807) is 6.07 Å². The first-order valence-electron chi connectivity index (χ1n) is 5.66. The van der Waals surface area contributed by atoms with Crippen LogP contribution in [0.15, 0.2) is 24.3 Å². The summed E-state index contributed by atoms with van der Waals surface area (Å²) in [6.07, 6.45) is 0.792. The number of nitrogens with one attached hydrogen (secondary N) is 1. The minimum atomic E-state index is -1.14. The number of aromatic carboxylic acids is 1. The molecule has 2 aromatic rings. The van der Waals surface area contributed by atoms with E-state index in [4.69, 9.17) is 10.8 Å². The van der Waals surface area contributed by atoms with Gasteiger partial charge >= 0.3 is 5.97 Å². The summed E-state index contributed by atoms with van der Waals surface area (Å²) < 4.78 is 0. The first kappa shape index (κ1) is 12.3. The molecule has 6 heteroatoms. The smallest absolute Gasteiger partial charge is 0.374 e. The lowest BCUT2D eigenvalue weighted by Gasteiger charge is -2.08. The largest absolute Gasteiger partial charge is 0.475 e. The fourth-order valence-electron chi connectivity index (χ4n) is 1.62. The van der Waals surface area contributed by atoms with Gasteiger partial charge in [-0.05, 0) is 25.1 Å². The van der Waals surface area contributed by atoms with Crippen LogP contribution in [0.25, 0.3) is 10.9 Å². The molecular formula is C12H14N4O2. The highest BCUT2D eigenvalue weighted by Crippen LogP contribution is 2.19. The summed E-state index contributed by atoms with van der Waals surface area (Å²) in [7, 11) is 0. The summed E-state index contributed by atoms with van der Waals surface area (Å²) in [4.78, 5) is 19.0. The number of hydrogen-bond donors (Lipinski definition) is 3. The van der Waals surface area contributed by atoms with Crippen LogP contribution < -0.4 is 11.1 Å². The third-order valence-corrected chi connectivity index (χ3v) is 2.47. The van der Waals surface area contributed by atoms with Gasteiger partial charge in [-0.1, -0.05) is 12.1 Å². The number of carbonyl (C=O) groups is 1. The average molecular weight is 246 g/mol. The van der Waals surface area contributed by atoms with E-state index in [1.165, 1.54) is 0 Å². The predicted molar refractivity (Wildman–Crippen MR) is 68.7 cm³/mol. The van der Waals surface area contributed by atoms with Crippen molar-refractivity contribution in [3.8, 4) is 0 Å². The zero-order chi connectivity index (χ0) is 13.0. The van der Waals surface area contributed by atoms with Crippen molar-refractivity contribution in [1.29, 1.82) is 0 Å². The molecule has 1 aromatic heterocycles. The van der Waals surface area contributed by atoms with Gasteiger partial charge in [-0.3, -0.25) is 0 Å². The second-order valence-corrected chi connectivity index (χ2v) is 3.79. The number of benzene rings is 1. The molecule has 2 rings (SSSR count). The SMILES string of the molecule is NCCCNc1nc(C(=O)O)nc2ccccc12. The molecule has 18 heavy (non-hydrogen) atoms. The van der Waals surface area contributed by atoms with Crippen molar-refractivity contribution in [2.24, 2.45) is 5.73 Å². The highest BCUT2D eigenvalue weighted by atomic mass is 16.4. The Balaban J connectivity index is 2.43. The molecule has 0 fully saturated rings. The number of carboxylic acid groups (broad SMARTS) is 1. The van der Waals surface area contributed by atoms with Crippen molar-refractivity contribution in [2.45, 2.75) is 6.42 Å². The van der Waals surface area contributed by atoms with Crippen LogP contribution in [0.2, 0.25) is 0 Å². The van der Waals surface area contributed by atoms with Gasteiger partial charge in [0.25, 0.3) is 0 Å². The molecule has 1 heterocycles. The van der Waals surface area contributed by atoms with Crippen molar-refractivity contribution in [2.75, 3.05) is 18.4 Å². The summed E-state index contributed by atoms with van der Waals surface area (Å²) in [5.41, 5.74) is 6.03. The van der Waals surface area contributed by atoms with Gasteiger partial charge < -0.3 is 16.2 Å². The first-order chi connectivity index (χ1) is 8.72. The van der Waals surface area contributed by atoms with Gasteiger partial charge in [-0.25, -0.2) is 14.8 Å². The monoisotopic (exact) mass is 246 g/mol. The number of hydrogen-bond acceptors (Lipinski definition) is 5. The molecule has 0 bridgehead atoms. The third-order valence-electron chi connectivity index (χ3n) is 2.47. The van der Waals surface area contributed by atoms with Crippen LogP contribution in [-0.4, -0.2) is 34.1 Å². The second kappa shape index (κ2) is 5.42. The van der Waals surface area contributed by atoms with E-state index in [9.17, 15) is 4.79 Å². The Bertz CT molecular complexity index is 571. The van der Waals surface area contributed by atoms with Crippen LogP contribution in [0.1, 0.15) is 17.0 Å². The predicted octanol–water partition coefficient (Wildman–Crippen LogP) is 1.09. The normalized spacial score (nSPS) is 10.5. The van der Waals surface area contributed by atoms with E-state index in [1.807, 2.05) is 18.2 Å². The minimum Gasteiger partial charge on any atom is -0.475 e. The number of carboxylic acids is 1. The Morgan fingerprint density at radius 3 is 2.83 bits per heavy atom. The number of rotatable bonds is 5. The Morgan fingerprint density at radius 1 is 1.33 bits per heavy atom. The van der Waals surface area contributed by atoms with Crippen molar-refractivity contribution in [3.63, 3.8) is 0 Å². The molecule has 6 nitrogen and oxygen atoms in total. The van der Waals surface area contributed by atoms with Crippen LogP contribution >= 0.6 is 0 Å². The number of para-hydroxylation sites is 1. The van der Waals surface area contributed by atoms with Crippen molar-refractivity contribution >= 4 is 22.7 Å². The Labute approximate surface area is 104 Å². The van der Waals surface area contributed by atoms with Gasteiger partial charge in [0.05, 0.1) is 5.52 Å². The molecule has 0 saturated heterocycles. The van der Waals surface area contributed by atoms with Crippen LogP contribution in [-0.2, 0) is 0 Å². The molecule has 0 unspecified atom stereocenters. The molecule has 94 valence electrons. The molecule has 0 radical (unpaired) electrons. The second-order valence-electron chi connectivity index (χ2n) is 3.79. The van der Waals surface area contributed by atoms with Crippen LogP contribution in [0.3, 0.4) is 0 Å². The Hall–Kier alpha value is -2.21. The van der Waals surface area contributed by atoms with E-state index in [0.29, 0.717) is 24.4 Å². The molecule has 0 amide bonds. The summed E-state index contributed by atoms with van der Waals surface area (Å²) in [5.74, 6) is -0.807. The fourth-order valence-corrected chi connectivity index (χ4v) is 1.62. The zero-order valence-electron chi connectivity index (χ0n) is 9.76. The molecule has 0 atom stereocenters. The summed E-state index contributed by atoms with van der Waals surface area (Å²) >= 11 is 0. The van der Waals surface area contributed by atoms with Crippen molar-refractivity contribution in [1.82, 2.24) is 9.97 Å². The van der Waals surface area contributed by atoms with Gasteiger partial charge in [0.2, 0.25) is 5.82 Å². The highest BCUT2D eigenvalue weighted by molar-refractivity contribution is 5.93. The number of nitrogens with zero attached hydrogens (tertiary/aromatic N) is 2. The average Bonchev–Trinajstić information content (AvgIpc) is 2.38. The van der Waals surface area contributed by atoms with Gasteiger partial charge in [-0.2, -0.15) is 0 Å². The lowest BCUT2D eigenvalue weighted by Crippen LogP contribution is -2.12. The topological polar surface area (TPSA) is 101 Å². The summed E-state index contributed by atoms with van der Waals surface area (Å²) in [6.45, 7) is 1.22. The molecule has 1 aromatic carbocycles. The first-order valence-corrected chi connectivity index (χ1v) is 5.66. The number of aromatic nitrogens is 2. The van der Waals surface area contributed by atoms with Gasteiger partial charge in [0.1, 0.15) is 5.82 Å². The maximum Gasteiger partial charge on any atom is 0.374 e. The summed E-state index contributed by atoms with van der Waals surface area (Å²) in [6, 6.07) is 7.29. The van der Waals surface area contributed by atoms with Crippen LogP contribution in [0, 0.1) is 0 Å². The molecular weight excluding hydrogens is 232 g/mol. The molecule has 0 aliphatic heterocycles. The molecule has 0 spiro atoms. The Kier molecular flexibility index (Phi) is 3.69. The van der Waals surface area contributed by atoms with E-state index in [0.717, 1.165) is 11.8 Å². The number of anilines is 1. The molecule has 0 aliphatic rings. The van der Waals surface area contributed by atoms with Gasteiger partial charge in [-0.15, -0.1) is 0 Å². The number of nitrogens with two attached hydrogens (primary N) is 1. The maximum absolute atomic E-state index is 11.0. The minimum absolute atomic E-state index is 0.205. The van der Waals surface area contributed by atoms with Crippen molar-refractivity contribution in [3.05, 3.63) is 30.1 Å². The summed E-state index contributed by atoms with van der Waals surface area (Å²) in [5, 5.41) is 12.9. The lowest BCUT2D eigenvalue weighted by atomic mass is 10.2. The van der Waals surface area contributed by atoms with E-state index < -0.39 is 5.97 Å². The quantitative estimate of drug-likeness (QED) is 0.683. The Morgan fingerprint density at radius 2 is 2.11 bits per heavy atom. The zero-order valence-corrected chi connectivity index (χ0v) is 9.76. The molecule has 4 N–H and O–H groups in total. The van der Waals surface area contributed by atoms with Crippen molar-refractivity contribution < 1.29 is 9.90 Å². The highest BCUT2D eigenvalue weighted by Gasteiger charge is 2.11. The van der Waals surface area contributed by atoms with E-state index in [-0.39, 0.29) is 5.82 Å². The van der Waals surface area contributed by atoms with E-state index in [2.05, 4.69) is 15.3 Å². The maximum atomic E-state index is 11.0. The van der Waals surface area contributed by atoms with Gasteiger partial charge in [0, 0.05) is 11.9 Å². The van der Waals surface area contributed by atoms with E-state index >= 15 is 0 Å². The van der Waals surface area contributed by atoms with Crippen LogP contribution in [0.4, 0.5) is 5.82 Å². The third kappa shape index (κ3) is 2.54. The standard InChI is InChI=1S/C12H14N4O2/c13-6-3-7-14-10-8-4-1-2-5-9(8)15-11(16-10)12(17)18/h1-2,4-5H,3,6-7,13H2,(H,17,18)(H,14,15,16). The number of fused-ring (bicyclic) bond motifs is 1. The lowest BCUT2D eigenvalue weighted by molar-refractivity contribution is 0.0684. The fraction of sp³-hybridized carbons (Fsp3) is 0.250. The van der Waals surface area contributed by atoms with Crippen LogP contribution in [0.5, 0.6) is 0 Å². The van der Waals surface area contributed by atoms with Gasteiger partial charge in [0.15, 0.2) is 0 Å².